The van der Waals surface area contributed by atoms with Gasteiger partial charge in [0, 0.05) is 11.0 Å². The van der Waals surface area contributed by atoms with Crippen LogP contribution in [0.2, 0.25) is 0 Å². The van der Waals surface area contributed by atoms with Crippen molar-refractivity contribution in [2.75, 3.05) is 0 Å². The van der Waals surface area contributed by atoms with Gasteiger partial charge in [-0.25, -0.2) is 0 Å². The van der Waals surface area contributed by atoms with E-state index in [-0.39, 0.29) is 11.0 Å². The van der Waals surface area contributed by atoms with Gasteiger partial charge >= 0.3 is 0 Å². The molecule has 1 N–H and O–H groups in total. The molecule has 4 heteroatoms. The van der Waals surface area contributed by atoms with E-state index in [2.05, 4.69) is 31.0 Å². The van der Waals surface area contributed by atoms with Gasteiger partial charge in [0.25, 0.3) is 0 Å². The van der Waals surface area contributed by atoms with Crippen LogP contribution in [-0.4, -0.2) is 27.7 Å². The van der Waals surface area contributed by atoms with Crippen LogP contribution < -0.4 is 4.74 Å². The van der Waals surface area contributed by atoms with E-state index >= 15 is 0 Å². The Labute approximate surface area is 136 Å². The molecule has 0 unspecified atom stereocenters. The first kappa shape index (κ1) is 14.7. The van der Waals surface area contributed by atoms with Gasteiger partial charge in [0.05, 0.1) is 6.21 Å². The molecular formula is C19H22N2O2. The summed E-state index contributed by atoms with van der Waals surface area (Å²) in [7, 11) is 0. The highest BCUT2D eigenvalue weighted by Crippen LogP contribution is 2.54. The van der Waals surface area contributed by atoms with E-state index in [0.717, 1.165) is 28.6 Å². The molecule has 0 radical (unpaired) electrons. The lowest BCUT2D eigenvalue weighted by molar-refractivity contribution is -0.249. The van der Waals surface area contributed by atoms with E-state index in [1.54, 1.807) is 6.21 Å². The van der Waals surface area contributed by atoms with Gasteiger partial charge in [-0.3, -0.25) is 4.99 Å². The first-order valence-electron chi connectivity index (χ1n) is 8.02. The van der Waals surface area contributed by atoms with Crippen molar-refractivity contribution in [3.8, 4) is 5.75 Å². The number of hydrogen-bond donors (Lipinski definition) is 1. The number of benzene rings is 2. The van der Waals surface area contributed by atoms with Crippen LogP contribution in [0.1, 0.15) is 34.1 Å². The lowest BCUT2D eigenvalue weighted by atomic mass is 9.79. The van der Waals surface area contributed by atoms with E-state index in [9.17, 15) is 5.21 Å². The predicted molar refractivity (Wildman–Crippen MR) is 91.6 cm³/mol. The summed E-state index contributed by atoms with van der Waals surface area (Å²) in [4.78, 5) is 4.64. The highest BCUT2D eigenvalue weighted by Gasteiger charge is 2.64. The van der Waals surface area contributed by atoms with E-state index in [4.69, 9.17) is 4.74 Å². The van der Waals surface area contributed by atoms with Crippen molar-refractivity contribution < 1.29 is 9.94 Å². The van der Waals surface area contributed by atoms with Crippen molar-refractivity contribution in [2.45, 2.75) is 45.4 Å². The maximum absolute atomic E-state index is 10.8. The average Bonchev–Trinajstić information content (AvgIpc) is 2.62. The summed E-state index contributed by atoms with van der Waals surface area (Å²) < 4.78 is 6.38. The number of rotatable bonds is 0. The molecule has 0 bridgehead atoms. The highest BCUT2D eigenvalue weighted by molar-refractivity contribution is 5.90. The minimum atomic E-state index is -0.939. The van der Waals surface area contributed by atoms with Gasteiger partial charge in [-0.15, -0.1) is 5.06 Å². The highest BCUT2D eigenvalue weighted by atomic mass is 16.6. The summed E-state index contributed by atoms with van der Waals surface area (Å²) in [6, 6.07) is 12.2. The Balaban J connectivity index is 1.87. The molecule has 0 aliphatic carbocycles. The number of fused-ring (bicyclic) bond motifs is 2. The Morgan fingerprint density at radius 1 is 1.09 bits per heavy atom. The van der Waals surface area contributed by atoms with Crippen molar-refractivity contribution in [2.24, 2.45) is 10.4 Å². The van der Waals surface area contributed by atoms with Gasteiger partial charge in [0.2, 0.25) is 5.72 Å². The smallest absolute Gasteiger partial charge is 0.226 e. The topological polar surface area (TPSA) is 45.1 Å². The molecule has 1 atom stereocenters. The summed E-state index contributed by atoms with van der Waals surface area (Å²) in [6.45, 7) is 8.28. The first-order chi connectivity index (χ1) is 10.8. The zero-order valence-corrected chi connectivity index (χ0v) is 14.0. The Hall–Kier alpha value is -1.91. The molecule has 0 saturated carbocycles. The zero-order valence-electron chi connectivity index (χ0n) is 14.0. The summed E-state index contributed by atoms with van der Waals surface area (Å²) in [6.07, 6.45) is 2.57. The molecule has 0 aromatic heterocycles. The van der Waals surface area contributed by atoms with Crippen molar-refractivity contribution >= 4 is 22.7 Å². The predicted octanol–water partition coefficient (Wildman–Crippen LogP) is 4.53. The molecule has 2 heterocycles. The van der Waals surface area contributed by atoms with Crippen LogP contribution in [-0.2, 0) is 0 Å². The van der Waals surface area contributed by atoms with Crippen molar-refractivity contribution in [1.82, 2.24) is 5.06 Å². The monoisotopic (exact) mass is 310 g/mol. The molecule has 2 aliphatic rings. The van der Waals surface area contributed by atoms with Crippen LogP contribution in [0.3, 0.4) is 0 Å². The molecule has 23 heavy (non-hydrogen) atoms. The fourth-order valence-electron chi connectivity index (χ4n) is 4.17. The van der Waals surface area contributed by atoms with Crippen molar-refractivity contribution in [3.05, 3.63) is 36.4 Å². The van der Waals surface area contributed by atoms with Crippen LogP contribution >= 0.6 is 0 Å². The van der Waals surface area contributed by atoms with Gasteiger partial charge in [-0.2, -0.15) is 0 Å². The van der Waals surface area contributed by atoms with Crippen LogP contribution in [0, 0.1) is 5.41 Å². The normalized spacial score (nSPS) is 28.0. The fraction of sp³-hybridized carbons (Fsp3) is 0.421. The van der Waals surface area contributed by atoms with Crippen LogP contribution in [0.4, 0.5) is 5.69 Å². The Morgan fingerprint density at radius 3 is 2.35 bits per heavy atom. The van der Waals surface area contributed by atoms with Gasteiger partial charge in [0.15, 0.2) is 0 Å². The van der Waals surface area contributed by atoms with Gasteiger partial charge in [0.1, 0.15) is 11.4 Å². The lowest BCUT2D eigenvalue weighted by Crippen LogP contribution is -2.60. The third-order valence-electron chi connectivity index (χ3n) is 5.20. The second kappa shape index (κ2) is 4.34. The minimum absolute atomic E-state index is 0.266. The summed E-state index contributed by atoms with van der Waals surface area (Å²) in [5.41, 5.74) is -0.767. The standard InChI is InChI=1S/C19H22N2O2/c1-17(2)11-18(3,4)21(22)19(17)12-20-15-9-13-7-5-6-8-14(13)10-16(15)23-19/h5-10,12,22H,11H2,1-4H3/t19-/m1/s1. The Bertz CT molecular complexity index is 825. The number of hydrogen-bond acceptors (Lipinski definition) is 4. The molecule has 120 valence electrons. The maximum Gasteiger partial charge on any atom is 0.226 e. The molecule has 4 rings (SSSR count). The van der Waals surface area contributed by atoms with E-state index in [1.807, 2.05) is 38.1 Å². The molecule has 0 amide bonds. The third kappa shape index (κ3) is 1.88. The molecule has 2 aromatic carbocycles. The van der Waals surface area contributed by atoms with E-state index in [1.165, 1.54) is 5.06 Å². The molecule has 1 saturated heterocycles. The number of aliphatic imine (C=N–C) groups is 1. The minimum Gasteiger partial charge on any atom is -0.462 e. The Kier molecular flexibility index (Phi) is 2.77. The molecular weight excluding hydrogens is 288 g/mol. The second-order valence-corrected chi connectivity index (χ2v) is 7.91. The van der Waals surface area contributed by atoms with Crippen molar-refractivity contribution in [1.29, 1.82) is 0 Å². The number of hydroxylamine groups is 2. The van der Waals surface area contributed by atoms with Crippen LogP contribution in [0.5, 0.6) is 5.75 Å². The second-order valence-electron chi connectivity index (χ2n) is 7.91. The zero-order chi connectivity index (χ0) is 16.5. The third-order valence-corrected chi connectivity index (χ3v) is 5.20. The lowest BCUT2D eigenvalue weighted by Gasteiger charge is -2.43. The summed E-state index contributed by atoms with van der Waals surface area (Å²) >= 11 is 0. The van der Waals surface area contributed by atoms with Gasteiger partial charge in [-0.05, 0) is 43.2 Å². The van der Waals surface area contributed by atoms with Gasteiger partial charge < -0.3 is 9.94 Å². The molecule has 1 fully saturated rings. The van der Waals surface area contributed by atoms with E-state index in [0.29, 0.717) is 0 Å². The van der Waals surface area contributed by atoms with Crippen LogP contribution in [0.15, 0.2) is 41.4 Å². The van der Waals surface area contributed by atoms with Gasteiger partial charge in [-0.1, -0.05) is 38.1 Å². The average molecular weight is 310 g/mol. The fourth-order valence-corrected chi connectivity index (χ4v) is 4.17. The van der Waals surface area contributed by atoms with Crippen molar-refractivity contribution in [3.63, 3.8) is 0 Å². The number of nitrogens with zero attached hydrogens (tertiary/aromatic N) is 2. The molecule has 4 nitrogen and oxygen atoms in total. The van der Waals surface area contributed by atoms with Crippen LogP contribution in [0.25, 0.3) is 10.8 Å². The quantitative estimate of drug-likeness (QED) is 0.777. The number of ether oxygens (including phenoxy) is 1. The molecule has 1 spiro atoms. The first-order valence-corrected chi connectivity index (χ1v) is 8.02. The SMILES string of the molecule is CC1(C)CC(C)(C)[C@]2(C=Nc3cc4ccccc4cc3O2)N1O. The molecule has 2 aliphatic heterocycles. The largest absolute Gasteiger partial charge is 0.462 e. The molecule has 2 aromatic rings. The van der Waals surface area contributed by atoms with E-state index < -0.39 is 5.72 Å². The summed E-state index contributed by atoms with van der Waals surface area (Å²) in [5.74, 6) is 0.719. The Morgan fingerprint density at radius 2 is 1.74 bits per heavy atom. The maximum atomic E-state index is 10.8. The summed E-state index contributed by atoms with van der Waals surface area (Å²) in [5, 5.41) is 14.4.